The van der Waals surface area contributed by atoms with Crippen molar-refractivity contribution in [2.75, 3.05) is 7.05 Å². The van der Waals surface area contributed by atoms with Gasteiger partial charge in [-0.1, -0.05) is 38.3 Å². The Hall–Kier alpha value is -2.11. The highest BCUT2D eigenvalue weighted by Gasteiger charge is 2.40. The molecule has 1 aromatic carbocycles. The van der Waals surface area contributed by atoms with Gasteiger partial charge >= 0.3 is 6.03 Å². The van der Waals surface area contributed by atoms with Gasteiger partial charge in [-0.05, 0) is 37.0 Å². The molecule has 1 atom stereocenters. The molecule has 0 spiro atoms. The first-order chi connectivity index (χ1) is 11.5. The molecule has 5 nitrogen and oxygen atoms in total. The number of nitrogens with one attached hydrogen (secondary N) is 3. The molecule has 1 aliphatic carbocycles. The van der Waals surface area contributed by atoms with Crippen LogP contribution in [0.4, 0.5) is 9.18 Å². The SMILES string of the molecule is CCC(NC(=O)NC1(C(=O)NC)CCCCC1)c1ccc(F)cc1. The molecule has 6 heteroatoms. The summed E-state index contributed by atoms with van der Waals surface area (Å²) in [6.45, 7) is 1.95. The number of hydrogen-bond donors (Lipinski definition) is 3. The molecular formula is C18H26FN3O2. The van der Waals surface area contributed by atoms with Crippen molar-refractivity contribution in [2.24, 2.45) is 0 Å². The minimum Gasteiger partial charge on any atom is -0.357 e. The van der Waals surface area contributed by atoms with E-state index in [2.05, 4.69) is 16.0 Å². The van der Waals surface area contributed by atoms with Crippen molar-refractivity contribution in [1.82, 2.24) is 16.0 Å². The molecule has 0 aliphatic heterocycles. The van der Waals surface area contributed by atoms with Gasteiger partial charge < -0.3 is 16.0 Å². The zero-order valence-electron chi connectivity index (χ0n) is 14.3. The summed E-state index contributed by atoms with van der Waals surface area (Å²) in [5.74, 6) is -0.453. The van der Waals surface area contributed by atoms with Gasteiger partial charge in [-0.3, -0.25) is 4.79 Å². The van der Waals surface area contributed by atoms with Crippen LogP contribution < -0.4 is 16.0 Å². The lowest BCUT2D eigenvalue weighted by atomic mass is 9.81. The second-order valence-corrected chi connectivity index (χ2v) is 6.33. The number of halogens is 1. The highest BCUT2D eigenvalue weighted by atomic mass is 19.1. The molecule has 1 fully saturated rings. The van der Waals surface area contributed by atoms with Crippen LogP contribution in [0.3, 0.4) is 0 Å². The second kappa shape index (κ2) is 8.13. The second-order valence-electron chi connectivity index (χ2n) is 6.33. The average Bonchev–Trinajstić information content (AvgIpc) is 2.60. The Bertz CT molecular complexity index is 568. The maximum atomic E-state index is 13.1. The van der Waals surface area contributed by atoms with Crippen LogP contribution in [-0.4, -0.2) is 24.5 Å². The molecule has 0 saturated heterocycles. The maximum Gasteiger partial charge on any atom is 0.316 e. The van der Waals surface area contributed by atoms with E-state index < -0.39 is 5.54 Å². The Balaban J connectivity index is 2.06. The van der Waals surface area contributed by atoms with Gasteiger partial charge in [0.15, 0.2) is 0 Å². The molecule has 1 aliphatic rings. The summed E-state index contributed by atoms with van der Waals surface area (Å²) in [6, 6.07) is 5.50. The van der Waals surface area contributed by atoms with Crippen LogP contribution in [0.2, 0.25) is 0 Å². The molecule has 3 N–H and O–H groups in total. The van der Waals surface area contributed by atoms with E-state index in [0.29, 0.717) is 19.3 Å². The summed E-state index contributed by atoms with van der Waals surface area (Å²) in [5.41, 5.74) is 0.00438. The number of rotatable bonds is 5. The van der Waals surface area contributed by atoms with Crippen LogP contribution in [0.5, 0.6) is 0 Å². The third-order valence-electron chi connectivity index (χ3n) is 4.71. The summed E-state index contributed by atoms with van der Waals surface area (Å²) in [4.78, 5) is 24.8. The molecule has 24 heavy (non-hydrogen) atoms. The summed E-state index contributed by atoms with van der Waals surface area (Å²) < 4.78 is 13.1. The van der Waals surface area contributed by atoms with E-state index in [9.17, 15) is 14.0 Å². The number of urea groups is 1. The lowest BCUT2D eigenvalue weighted by Crippen LogP contribution is -2.61. The van der Waals surface area contributed by atoms with Gasteiger partial charge in [0.25, 0.3) is 0 Å². The third kappa shape index (κ3) is 4.24. The zero-order valence-corrected chi connectivity index (χ0v) is 14.3. The van der Waals surface area contributed by atoms with Crippen LogP contribution >= 0.6 is 0 Å². The molecular weight excluding hydrogens is 309 g/mol. The summed E-state index contributed by atoms with van der Waals surface area (Å²) >= 11 is 0. The van der Waals surface area contributed by atoms with E-state index in [1.807, 2.05) is 6.92 Å². The Labute approximate surface area is 142 Å². The number of carbonyl (C=O) groups excluding carboxylic acids is 2. The predicted molar refractivity (Wildman–Crippen MR) is 91.0 cm³/mol. The average molecular weight is 335 g/mol. The van der Waals surface area contributed by atoms with Crippen molar-refractivity contribution in [3.05, 3.63) is 35.6 Å². The number of amides is 3. The fraction of sp³-hybridized carbons (Fsp3) is 0.556. The largest absolute Gasteiger partial charge is 0.357 e. The van der Waals surface area contributed by atoms with Crippen LogP contribution in [0, 0.1) is 5.82 Å². The first-order valence-corrected chi connectivity index (χ1v) is 8.57. The van der Waals surface area contributed by atoms with Gasteiger partial charge in [0.05, 0.1) is 6.04 Å². The monoisotopic (exact) mass is 335 g/mol. The van der Waals surface area contributed by atoms with E-state index in [0.717, 1.165) is 24.8 Å². The lowest BCUT2D eigenvalue weighted by molar-refractivity contribution is -0.128. The van der Waals surface area contributed by atoms with Crippen LogP contribution in [-0.2, 0) is 4.79 Å². The Morgan fingerprint density at radius 2 is 1.79 bits per heavy atom. The minimum atomic E-state index is -0.835. The standard InChI is InChI=1S/C18H26FN3O2/c1-3-15(13-7-9-14(19)10-8-13)21-17(24)22-18(16(23)20-2)11-5-4-6-12-18/h7-10,15H,3-6,11-12H2,1-2H3,(H,20,23)(H2,21,22,24). The van der Waals surface area contributed by atoms with Gasteiger partial charge in [-0.15, -0.1) is 0 Å². The summed E-state index contributed by atoms with van der Waals surface area (Å²) in [6.07, 6.45) is 4.88. The summed E-state index contributed by atoms with van der Waals surface area (Å²) in [5, 5.41) is 8.46. The number of benzene rings is 1. The molecule has 0 bridgehead atoms. The molecule has 132 valence electrons. The highest BCUT2D eigenvalue weighted by molar-refractivity contribution is 5.91. The van der Waals surface area contributed by atoms with Crippen LogP contribution in [0.1, 0.15) is 57.1 Å². The molecule has 1 aromatic rings. The topological polar surface area (TPSA) is 70.2 Å². The van der Waals surface area contributed by atoms with E-state index >= 15 is 0 Å². The molecule has 0 heterocycles. The molecule has 0 aromatic heterocycles. The molecule has 1 saturated carbocycles. The van der Waals surface area contributed by atoms with Crippen LogP contribution in [0.15, 0.2) is 24.3 Å². The first-order valence-electron chi connectivity index (χ1n) is 8.57. The van der Waals surface area contributed by atoms with Crippen molar-refractivity contribution >= 4 is 11.9 Å². The van der Waals surface area contributed by atoms with Crippen molar-refractivity contribution < 1.29 is 14.0 Å². The summed E-state index contributed by atoms with van der Waals surface area (Å²) in [7, 11) is 1.59. The fourth-order valence-electron chi connectivity index (χ4n) is 3.33. The molecule has 2 rings (SSSR count). The van der Waals surface area contributed by atoms with E-state index in [4.69, 9.17) is 0 Å². The van der Waals surface area contributed by atoms with Crippen molar-refractivity contribution in [2.45, 2.75) is 57.0 Å². The van der Waals surface area contributed by atoms with Gasteiger partial charge in [0, 0.05) is 7.05 Å². The smallest absolute Gasteiger partial charge is 0.316 e. The first kappa shape index (κ1) is 18.2. The third-order valence-corrected chi connectivity index (χ3v) is 4.71. The molecule has 1 unspecified atom stereocenters. The Morgan fingerprint density at radius 3 is 2.33 bits per heavy atom. The van der Waals surface area contributed by atoms with Gasteiger partial charge in [-0.2, -0.15) is 0 Å². The number of hydrogen-bond acceptors (Lipinski definition) is 2. The maximum absolute atomic E-state index is 13.1. The predicted octanol–water partition coefficient (Wildman–Crippen LogP) is 3.02. The minimum absolute atomic E-state index is 0.146. The highest BCUT2D eigenvalue weighted by Crippen LogP contribution is 2.28. The fourth-order valence-corrected chi connectivity index (χ4v) is 3.33. The number of carbonyl (C=O) groups is 2. The van der Waals surface area contributed by atoms with E-state index in [-0.39, 0.29) is 23.8 Å². The van der Waals surface area contributed by atoms with Gasteiger partial charge in [0.2, 0.25) is 5.91 Å². The van der Waals surface area contributed by atoms with Crippen molar-refractivity contribution in [1.29, 1.82) is 0 Å². The van der Waals surface area contributed by atoms with E-state index in [1.54, 1.807) is 19.2 Å². The Morgan fingerprint density at radius 1 is 1.17 bits per heavy atom. The molecule has 3 amide bonds. The van der Waals surface area contributed by atoms with Crippen LogP contribution in [0.25, 0.3) is 0 Å². The van der Waals surface area contributed by atoms with Gasteiger partial charge in [-0.25, -0.2) is 9.18 Å². The molecule has 0 radical (unpaired) electrons. The lowest BCUT2D eigenvalue weighted by Gasteiger charge is -2.36. The normalized spacial score (nSPS) is 17.6. The van der Waals surface area contributed by atoms with Crippen molar-refractivity contribution in [3.8, 4) is 0 Å². The quantitative estimate of drug-likeness (QED) is 0.774. The van der Waals surface area contributed by atoms with Crippen molar-refractivity contribution in [3.63, 3.8) is 0 Å². The number of likely N-dealkylation sites (N-methyl/N-ethyl adjacent to an activating group) is 1. The van der Waals surface area contributed by atoms with Gasteiger partial charge in [0.1, 0.15) is 11.4 Å². The Kier molecular flexibility index (Phi) is 6.17. The zero-order chi connectivity index (χ0) is 17.6. The van der Waals surface area contributed by atoms with E-state index in [1.165, 1.54) is 12.1 Å².